The summed E-state index contributed by atoms with van der Waals surface area (Å²) in [6, 6.07) is 11.9. The van der Waals surface area contributed by atoms with Crippen LogP contribution in [0.3, 0.4) is 0 Å². The number of rotatable bonds is 1. The fourth-order valence-electron chi connectivity index (χ4n) is 2.15. The Hall–Kier alpha value is -2.36. The van der Waals surface area contributed by atoms with E-state index >= 15 is 0 Å². The van der Waals surface area contributed by atoms with Crippen LogP contribution in [0, 0.1) is 13.8 Å². The molecule has 0 saturated heterocycles. The van der Waals surface area contributed by atoms with Gasteiger partial charge in [0.05, 0.1) is 5.69 Å². The van der Waals surface area contributed by atoms with E-state index < -0.39 is 0 Å². The summed E-state index contributed by atoms with van der Waals surface area (Å²) in [6.07, 6.45) is 0. The summed E-state index contributed by atoms with van der Waals surface area (Å²) in [5.41, 5.74) is 10.7. The normalized spacial score (nSPS) is 11.0. The SMILES string of the molecule is Cc1ccccc1-c1nnc2ccc(N)c(C)n12. The summed E-state index contributed by atoms with van der Waals surface area (Å²) in [4.78, 5) is 0. The number of aryl methyl sites for hydroxylation is 2. The van der Waals surface area contributed by atoms with E-state index in [0.717, 1.165) is 28.4 Å². The third kappa shape index (κ3) is 1.46. The van der Waals surface area contributed by atoms with Crippen molar-refractivity contribution in [2.45, 2.75) is 13.8 Å². The van der Waals surface area contributed by atoms with Crippen molar-refractivity contribution in [1.29, 1.82) is 0 Å². The topological polar surface area (TPSA) is 56.2 Å². The van der Waals surface area contributed by atoms with Crippen molar-refractivity contribution in [3.05, 3.63) is 47.7 Å². The minimum Gasteiger partial charge on any atom is -0.397 e. The van der Waals surface area contributed by atoms with Gasteiger partial charge in [-0.2, -0.15) is 0 Å². The van der Waals surface area contributed by atoms with Gasteiger partial charge in [-0.1, -0.05) is 24.3 Å². The molecule has 4 heteroatoms. The Morgan fingerprint density at radius 3 is 2.56 bits per heavy atom. The number of benzene rings is 1. The molecule has 18 heavy (non-hydrogen) atoms. The first kappa shape index (κ1) is 10.8. The fourth-order valence-corrected chi connectivity index (χ4v) is 2.15. The molecule has 0 saturated carbocycles. The highest BCUT2D eigenvalue weighted by Crippen LogP contribution is 2.24. The number of nitrogens with two attached hydrogens (primary N) is 1. The monoisotopic (exact) mass is 238 g/mol. The van der Waals surface area contributed by atoms with Crippen molar-refractivity contribution in [3.8, 4) is 11.4 Å². The first-order chi connectivity index (χ1) is 8.68. The minimum atomic E-state index is 0.747. The van der Waals surface area contributed by atoms with Gasteiger partial charge in [0, 0.05) is 11.3 Å². The summed E-state index contributed by atoms with van der Waals surface area (Å²) in [6.45, 7) is 4.05. The van der Waals surface area contributed by atoms with Crippen LogP contribution >= 0.6 is 0 Å². The molecular formula is C14H14N4. The van der Waals surface area contributed by atoms with Crippen molar-refractivity contribution in [3.63, 3.8) is 0 Å². The Balaban J connectivity index is 2.37. The van der Waals surface area contributed by atoms with Crippen LogP contribution in [-0.2, 0) is 0 Å². The quantitative estimate of drug-likeness (QED) is 0.709. The van der Waals surface area contributed by atoms with Crippen molar-refractivity contribution in [2.75, 3.05) is 5.73 Å². The van der Waals surface area contributed by atoms with Crippen molar-refractivity contribution < 1.29 is 0 Å². The highest BCUT2D eigenvalue weighted by Gasteiger charge is 2.12. The predicted octanol–water partition coefficient (Wildman–Crippen LogP) is 2.60. The number of hydrogen-bond acceptors (Lipinski definition) is 3. The molecule has 2 heterocycles. The maximum absolute atomic E-state index is 5.95. The molecule has 0 fully saturated rings. The zero-order valence-electron chi connectivity index (χ0n) is 10.4. The van der Waals surface area contributed by atoms with Crippen LogP contribution in [0.15, 0.2) is 36.4 Å². The number of nitrogens with zero attached hydrogens (tertiary/aromatic N) is 3. The predicted molar refractivity (Wildman–Crippen MR) is 72.3 cm³/mol. The summed E-state index contributed by atoms with van der Waals surface area (Å²) < 4.78 is 2.00. The molecule has 0 unspecified atom stereocenters. The largest absolute Gasteiger partial charge is 0.397 e. The molecule has 0 spiro atoms. The van der Waals surface area contributed by atoms with Gasteiger partial charge in [0.1, 0.15) is 0 Å². The van der Waals surface area contributed by atoms with Gasteiger partial charge in [0.2, 0.25) is 0 Å². The van der Waals surface area contributed by atoms with Gasteiger partial charge in [-0.05, 0) is 31.5 Å². The molecule has 0 bridgehead atoms. The van der Waals surface area contributed by atoms with E-state index in [1.807, 2.05) is 35.6 Å². The number of pyridine rings is 1. The highest BCUT2D eigenvalue weighted by molar-refractivity contribution is 5.65. The Bertz CT molecular complexity index is 728. The summed E-state index contributed by atoms with van der Waals surface area (Å²) in [7, 11) is 0. The van der Waals surface area contributed by atoms with Crippen molar-refractivity contribution >= 4 is 11.3 Å². The second-order valence-electron chi connectivity index (χ2n) is 4.41. The minimum absolute atomic E-state index is 0.747. The summed E-state index contributed by atoms with van der Waals surface area (Å²) in [5.74, 6) is 0.841. The average molecular weight is 238 g/mol. The number of nitrogen functional groups attached to an aromatic ring is 1. The van der Waals surface area contributed by atoms with Gasteiger partial charge in [0.15, 0.2) is 11.5 Å². The lowest BCUT2D eigenvalue weighted by molar-refractivity contribution is 1.08. The molecular weight excluding hydrogens is 224 g/mol. The summed E-state index contributed by atoms with van der Waals surface area (Å²) >= 11 is 0. The highest BCUT2D eigenvalue weighted by atomic mass is 15.3. The van der Waals surface area contributed by atoms with Crippen LogP contribution in [0.4, 0.5) is 5.69 Å². The van der Waals surface area contributed by atoms with Gasteiger partial charge in [-0.3, -0.25) is 4.40 Å². The lowest BCUT2D eigenvalue weighted by atomic mass is 10.1. The Morgan fingerprint density at radius 2 is 1.78 bits per heavy atom. The Morgan fingerprint density at radius 1 is 1.00 bits per heavy atom. The molecule has 4 nitrogen and oxygen atoms in total. The lowest BCUT2D eigenvalue weighted by Gasteiger charge is -2.08. The summed E-state index contributed by atoms with van der Waals surface area (Å²) in [5, 5.41) is 8.48. The van der Waals surface area contributed by atoms with Crippen LogP contribution in [-0.4, -0.2) is 14.6 Å². The number of fused-ring (bicyclic) bond motifs is 1. The Labute approximate surface area is 105 Å². The molecule has 0 atom stereocenters. The number of hydrogen-bond donors (Lipinski definition) is 1. The lowest BCUT2D eigenvalue weighted by Crippen LogP contribution is -2.00. The van der Waals surface area contributed by atoms with Gasteiger partial charge < -0.3 is 5.73 Å². The van der Waals surface area contributed by atoms with Gasteiger partial charge in [0.25, 0.3) is 0 Å². The fraction of sp³-hybridized carbons (Fsp3) is 0.143. The Kier molecular flexibility index (Phi) is 2.30. The van der Waals surface area contributed by atoms with Crippen LogP contribution in [0.25, 0.3) is 17.0 Å². The van der Waals surface area contributed by atoms with E-state index in [2.05, 4.69) is 29.3 Å². The van der Waals surface area contributed by atoms with Crippen molar-refractivity contribution in [2.24, 2.45) is 0 Å². The second kappa shape index (κ2) is 3.84. The molecule has 3 aromatic rings. The van der Waals surface area contributed by atoms with E-state index in [1.165, 1.54) is 5.56 Å². The zero-order valence-corrected chi connectivity index (χ0v) is 10.4. The zero-order chi connectivity index (χ0) is 12.7. The molecule has 0 aliphatic heterocycles. The molecule has 0 radical (unpaired) electrons. The van der Waals surface area contributed by atoms with E-state index in [1.54, 1.807) is 0 Å². The second-order valence-corrected chi connectivity index (χ2v) is 4.41. The van der Waals surface area contributed by atoms with Gasteiger partial charge in [-0.15, -0.1) is 10.2 Å². The third-order valence-corrected chi connectivity index (χ3v) is 3.24. The smallest absolute Gasteiger partial charge is 0.168 e. The van der Waals surface area contributed by atoms with E-state index in [0.29, 0.717) is 0 Å². The number of aromatic nitrogens is 3. The first-order valence-electron chi connectivity index (χ1n) is 5.84. The van der Waals surface area contributed by atoms with Crippen LogP contribution in [0.1, 0.15) is 11.3 Å². The molecule has 0 aliphatic carbocycles. The molecule has 3 rings (SSSR count). The maximum atomic E-state index is 5.95. The van der Waals surface area contributed by atoms with E-state index in [9.17, 15) is 0 Å². The van der Waals surface area contributed by atoms with Crippen LogP contribution < -0.4 is 5.73 Å². The third-order valence-electron chi connectivity index (χ3n) is 3.24. The van der Waals surface area contributed by atoms with E-state index in [-0.39, 0.29) is 0 Å². The average Bonchev–Trinajstić information content (AvgIpc) is 2.79. The maximum Gasteiger partial charge on any atom is 0.168 e. The first-order valence-corrected chi connectivity index (χ1v) is 5.84. The molecule has 2 N–H and O–H groups in total. The standard InChI is InChI=1S/C14H14N4/c1-9-5-3-4-6-11(9)14-17-16-13-8-7-12(15)10(2)18(13)14/h3-8H,15H2,1-2H3. The van der Waals surface area contributed by atoms with Crippen molar-refractivity contribution in [1.82, 2.24) is 14.6 Å². The van der Waals surface area contributed by atoms with E-state index in [4.69, 9.17) is 5.73 Å². The number of anilines is 1. The molecule has 90 valence electrons. The molecule has 0 amide bonds. The molecule has 1 aromatic carbocycles. The van der Waals surface area contributed by atoms with Crippen LogP contribution in [0.5, 0.6) is 0 Å². The van der Waals surface area contributed by atoms with Crippen LogP contribution in [0.2, 0.25) is 0 Å². The molecule has 0 aliphatic rings. The van der Waals surface area contributed by atoms with Gasteiger partial charge >= 0.3 is 0 Å². The molecule has 2 aromatic heterocycles. The van der Waals surface area contributed by atoms with Gasteiger partial charge in [-0.25, -0.2) is 0 Å².